The quantitative estimate of drug-likeness (QED) is 0.931. The van der Waals surface area contributed by atoms with Crippen LogP contribution in [0.2, 0.25) is 0 Å². The summed E-state index contributed by atoms with van der Waals surface area (Å²) in [7, 11) is -0.943. The van der Waals surface area contributed by atoms with Gasteiger partial charge in [0.05, 0.1) is 18.0 Å². The van der Waals surface area contributed by atoms with Crippen LogP contribution in [0.4, 0.5) is 10.5 Å². The van der Waals surface area contributed by atoms with Gasteiger partial charge in [-0.1, -0.05) is 18.2 Å². The van der Waals surface area contributed by atoms with Crippen LogP contribution in [-0.4, -0.2) is 46.7 Å². The van der Waals surface area contributed by atoms with Crippen LogP contribution in [0.5, 0.6) is 0 Å². The molecule has 1 aromatic rings. The lowest BCUT2D eigenvalue weighted by Gasteiger charge is -2.35. The molecule has 0 spiro atoms. The molecule has 1 aliphatic rings. The molecule has 1 aromatic carbocycles. The first-order chi connectivity index (χ1) is 9.95. The van der Waals surface area contributed by atoms with E-state index in [1.165, 1.54) is 0 Å². The largest absolute Gasteiger partial charge is 0.372 e. The number of hydrogen-bond donors (Lipinski definition) is 1. The van der Waals surface area contributed by atoms with Crippen molar-refractivity contribution >= 4 is 22.5 Å². The fraction of sp³-hybridized carbons (Fsp3) is 0.533. The zero-order valence-electron chi connectivity index (χ0n) is 12.7. The van der Waals surface area contributed by atoms with Gasteiger partial charge in [-0.2, -0.15) is 0 Å². The zero-order valence-corrected chi connectivity index (χ0v) is 13.5. The first-order valence-electron chi connectivity index (χ1n) is 7.05. The molecule has 21 heavy (non-hydrogen) atoms. The number of carbonyl (C=O) groups is 1. The molecule has 0 saturated carbocycles. The predicted molar refractivity (Wildman–Crippen MR) is 84.8 cm³/mol. The molecular formula is C15H22N2O3S. The summed E-state index contributed by atoms with van der Waals surface area (Å²) in [6.45, 7) is 5.09. The van der Waals surface area contributed by atoms with Crippen LogP contribution < -0.4 is 5.32 Å². The van der Waals surface area contributed by atoms with Gasteiger partial charge in [-0.25, -0.2) is 4.79 Å². The van der Waals surface area contributed by atoms with Crippen molar-refractivity contribution in [3.05, 3.63) is 29.8 Å². The van der Waals surface area contributed by atoms with Gasteiger partial charge in [0.25, 0.3) is 0 Å². The number of nitrogens with one attached hydrogen (secondary N) is 1. The molecule has 1 saturated heterocycles. The third kappa shape index (κ3) is 4.54. The number of rotatable bonds is 3. The Labute approximate surface area is 128 Å². The van der Waals surface area contributed by atoms with Gasteiger partial charge in [0, 0.05) is 35.8 Å². The molecule has 0 aliphatic carbocycles. The van der Waals surface area contributed by atoms with Crippen molar-refractivity contribution in [2.45, 2.75) is 31.8 Å². The van der Waals surface area contributed by atoms with E-state index in [2.05, 4.69) is 5.32 Å². The van der Waals surface area contributed by atoms with Crippen LogP contribution in [0.3, 0.4) is 0 Å². The van der Waals surface area contributed by atoms with Gasteiger partial charge >= 0.3 is 6.03 Å². The van der Waals surface area contributed by atoms with Crippen LogP contribution in [0, 0.1) is 0 Å². The number of morpholine rings is 1. The van der Waals surface area contributed by atoms with Gasteiger partial charge in [0.15, 0.2) is 0 Å². The maximum atomic E-state index is 12.4. The summed E-state index contributed by atoms with van der Waals surface area (Å²) >= 11 is 0. The lowest BCUT2D eigenvalue weighted by atomic mass is 10.2. The number of nitrogens with zero attached hydrogens (tertiary/aromatic N) is 1. The maximum Gasteiger partial charge on any atom is 0.322 e. The molecule has 0 aromatic heterocycles. The van der Waals surface area contributed by atoms with Crippen molar-refractivity contribution in [2.24, 2.45) is 0 Å². The smallest absolute Gasteiger partial charge is 0.322 e. The van der Waals surface area contributed by atoms with Crippen molar-refractivity contribution in [1.82, 2.24) is 4.90 Å². The maximum absolute atomic E-state index is 12.4. The third-order valence-corrected chi connectivity index (χ3v) is 4.04. The summed E-state index contributed by atoms with van der Waals surface area (Å²) < 4.78 is 17.0. The molecule has 1 heterocycles. The van der Waals surface area contributed by atoms with Crippen LogP contribution in [0.1, 0.15) is 19.4 Å². The second-order valence-electron chi connectivity index (χ2n) is 5.47. The van der Waals surface area contributed by atoms with Gasteiger partial charge in [-0.05, 0) is 25.5 Å². The van der Waals surface area contributed by atoms with Gasteiger partial charge in [0.2, 0.25) is 0 Å². The summed E-state index contributed by atoms with van der Waals surface area (Å²) in [5.74, 6) is 0.437. The molecule has 1 aliphatic heterocycles. The van der Waals surface area contributed by atoms with Crippen LogP contribution in [0.25, 0.3) is 0 Å². The number of ether oxygens (including phenoxy) is 1. The Morgan fingerprint density at radius 1 is 1.33 bits per heavy atom. The topological polar surface area (TPSA) is 58.6 Å². The molecule has 0 bridgehead atoms. The van der Waals surface area contributed by atoms with Gasteiger partial charge in [0.1, 0.15) is 0 Å². The molecular weight excluding hydrogens is 288 g/mol. The Bertz CT molecular complexity index is 525. The minimum atomic E-state index is -0.943. The lowest BCUT2D eigenvalue weighted by Crippen LogP contribution is -2.49. The summed E-state index contributed by atoms with van der Waals surface area (Å²) in [5, 5.41) is 2.92. The highest BCUT2D eigenvalue weighted by atomic mass is 32.2. The van der Waals surface area contributed by atoms with Gasteiger partial charge in [-0.3, -0.25) is 4.21 Å². The number of benzene rings is 1. The molecule has 2 amide bonds. The molecule has 5 nitrogen and oxygen atoms in total. The number of urea groups is 1. The van der Waals surface area contributed by atoms with E-state index in [9.17, 15) is 9.00 Å². The van der Waals surface area contributed by atoms with E-state index in [1.807, 2.05) is 38.1 Å². The Kier molecular flexibility index (Phi) is 5.36. The first kappa shape index (κ1) is 16.0. The highest BCUT2D eigenvalue weighted by molar-refractivity contribution is 7.83. The van der Waals surface area contributed by atoms with Crippen molar-refractivity contribution in [3.63, 3.8) is 0 Å². The third-order valence-electron chi connectivity index (χ3n) is 3.32. The van der Waals surface area contributed by atoms with Crippen LogP contribution in [-0.2, 0) is 21.3 Å². The molecule has 0 unspecified atom stereocenters. The van der Waals surface area contributed by atoms with Crippen LogP contribution >= 0.6 is 0 Å². The average molecular weight is 310 g/mol. The standard InChI is InChI=1S/C15H22N2O3S/c1-11-8-17(9-12(2)20-11)15(18)16-14-7-5-4-6-13(14)10-21(3)19/h4-7,11-12H,8-10H2,1-3H3,(H,16,18)/t11-,12+,21-/m0/s1. The SMILES string of the molecule is C[C@@H]1CN(C(=O)Nc2ccccc2C[S@](C)=O)C[C@H](C)O1. The Morgan fingerprint density at radius 3 is 2.57 bits per heavy atom. The number of para-hydroxylation sites is 1. The van der Waals surface area contributed by atoms with E-state index < -0.39 is 10.8 Å². The fourth-order valence-electron chi connectivity index (χ4n) is 2.53. The number of carbonyl (C=O) groups excluding carboxylic acids is 1. The van der Waals surface area contributed by atoms with Crippen molar-refractivity contribution in [1.29, 1.82) is 0 Å². The zero-order chi connectivity index (χ0) is 15.4. The number of amides is 2. The van der Waals surface area contributed by atoms with E-state index in [-0.39, 0.29) is 18.2 Å². The molecule has 3 atom stereocenters. The molecule has 2 rings (SSSR count). The average Bonchev–Trinajstić information content (AvgIpc) is 2.39. The second-order valence-corrected chi connectivity index (χ2v) is 6.90. The Morgan fingerprint density at radius 2 is 1.95 bits per heavy atom. The molecule has 6 heteroatoms. The molecule has 116 valence electrons. The minimum absolute atomic E-state index is 0.0397. The highest BCUT2D eigenvalue weighted by Crippen LogP contribution is 2.18. The van der Waals surface area contributed by atoms with Crippen LogP contribution in [0.15, 0.2) is 24.3 Å². The Hall–Kier alpha value is -1.40. The monoisotopic (exact) mass is 310 g/mol. The molecule has 1 N–H and O–H groups in total. The normalized spacial score (nSPS) is 23.7. The van der Waals surface area contributed by atoms with Gasteiger partial charge in [-0.15, -0.1) is 0 Å². The number of hydrogen-bond acceptors (Lipinski definition) is 3. The van der Waals surface area contributed by atoms with Crippen molar-refractivity contribution in [2.75, 3.05) is 24.7 Å². The number of anilines is 1. The molecule has 0 radical (unpaired) electrons. The highest BCUT2D eigenvalue weighted by Gasteiger charge is 2.26. The van der Waals surface area contributed by atoms with E-state index in [0.29, 0.717) is 18.8 Å². The fourth-order valence-corrected chi connectivity index (χ4v) is 3.21. The van der Waals surface area contributed by atoms with Crippen molar-refractivity contribution < 1.29 is 13.7 Å². The van der Waals surface area contributed by atoms with E-state index in [0.717, 1.165) is 11.3 Å². The van der Waals surface area contributed by atoms with E-state index >= 15 is 0 Å². The van der Waals surface area contributed by atoms with E-state index in [1.54, 1.807) is 11.2 Å². The summed E-state index contributed by atoms with van der Waals surface area (Å²) in [4.78, 5) is 14.1. The first-order valence-corrected chi connectivity index (χ1v) is 8.77. The Balaban J connectivity index is 2.07. The lowest BCUT2D eigenvalue weighted by molar-refractivity contribution is -0.0530. The summed E-state index contributed by atoms with van der Waals surface area (Å²) in [6.07, 6.45) is 1.74. The molecule has 1 fully saturated rings. The summed E-state index contributed by atoms with van der Waals surface area (Å²) in [5.41, 5.74) is 1.62. The van der Waals surface area contributed by atoms with Gasteiger partial charge < -0.3 is 15.0 Å². The second kappa shape index (κ2) is 7.04. The minimum Gasteiger partial charge on any atom is -0.372 e. The van der Waals surface area contributed by atoms with E-state index in [4.69, 9.17) is 4.74 Å². The summed E-state index contributed by atoms with van der Waals surface area (Å²) in [6, 6.07) is 7.35. The van der Waals surface area contributed by atoms with Crippen molar-refractivity contribution in [3.8, 4) is 0 Å². The predicted octanol–water partition coefficient (Wildman–Crippen LogP) is 2.21.